The third-order valence-corrected chi connectivity index (χ3v) is 6.11. The van der Waals surface area contributed by atoms with E-state index in [1.807, 2.05) is 17.0 Å². The van der Waals surface area contributed by atoms with Crippen LogP contribution in [0, 0.1) is 0 Å². The van der Waals surface area contributed by atoms with E-state index < -0.39 is 11.7 Å². The summed E-state index contributed by atoms with van der Waals surface area (Å²) in [6, 6.07) is 10.7. The highest BCUT2D eigenvalue weighted by Crippen LogP contribution is 2.30. The summed E-state index contributed by atoms with van der Waals surface area (Å²) in [6.07, 6.45) is -3.53. The van der Waals surface area contributed by atoms with Crippen LogP contribution in [0.15, 0.2) is 47.5 Å². The third-order valence-electron chi connectivity index (χ3n) is 5.11. The molecule has 1 aromatic carbocycles. The Balaban J connectivity index is 1.48. The first-order chi connectivity index (χ1) is 14.0. The Bertz CT molecular complexity index is 853. The van der Waals surface area contributed by atoms with E-state index in [4.69, 9.17) is 0 Å². The molecule has 1 amide bonds. The molecule has 1 aliphatic heterocycles. The van der Waals surface area contributed by atoms with E-state index in [-0.39, 0.29) is 11.3 Å². The zero-order valence-corrected chi connectivity index (χ0v) is 18.2. The number of alkyl halides is 3. The van der Waals surface area contributed by atoms with Crippen molar-refractivity contribution in [1.82, 2.24) is 9.88 Å². The number of piperazine rings is 1. The van der Waals surface area contributed by atoms with E-state index in [1.165, 1.54) is 23.4 Å². The van der Waals surface area contributed by atoms with Gasteiger partial charge in [-0.3, -0.25) is 4.79 Å². The highest BCUT2D eigenvalue weighted by atomic mass is 32.2. The molecule has 4 nitrogen and oxygen atoms in total. The first kappa shape index (κ1) is 22.5. The minimum absolute atomic E-state index is 0.0694. The average molecular weight is 438 g/mol. The molecule has 0 atom stereocenters. The quantitative estimate of drug-likeness (QED) is 0.642. The van der Waals surface area contributed by atoms with Crippen LogP contribution in [-0.2, 0) is 16.4 Å². The monoisotopic (exact) mass is 437 g/mol. The minimum Gasteiger partial charge on any atom is -0.353 e. The summed E-state index contributed by atoms with van der Waals surface area (Å²) in [7, 11) is 0. The normalized spacial score (nSPS) is 15.4. The second-order valence-electron chi connectivity index (χ2n) is 8.33. The van der Waals surface area contributed by atoms with E-state index in [1.54, 1.807) is 4.90 Å². The lowest BCUT2D eigenvalue weighted by Crippen LogP contribution is -2.49. The van der Waals surface area contributed by atoms with E-state index in [9.17, 15) is 18.0 Å². The second-order valence-corrected chi connectivity index (χ2v) is 9.38. The van der Waals surface area contributed by atoms with Crippen LogP contribution >= 0.6 is 11.8 Å². The summed E-state index contributed by atoms with van der Waals surface area (Å²) in [4.78, 5) is 21.2. The number of rotatable bonds is 4. The summed E-state index contributed by atoms with van der Waals surface area (Å²) in [5.41, 5.74) is 0.597. The summed E-state index contributed by atoms with van der Waals surface area (Å²) in [5.74, 6) is 0.941. The van der Waals surface area contributed by atoms with Gasteiger partial charge in [0.1, 0.15) is 5.82 Å². The summed E-state index contributed by atoms with van der Waals surface area (Å²) in [6.45, 7) is 8.66. The number of nitrogens with zero attached hydrogens (tertiary/aromatic N) is 3. The van der Waals surface area contributed by atoms with E-state index in [0.717, 1.165) is 17.2 Å². The highest BCUT2D eigenvalue weighted by Gasteiger charge is 2.31. The largest absolute Gasteiger partial charge is 0.417 e. The number of thioether (sulfide) groups is 1. The number of carbonyl (C=O) groups is 1. The van der Waals surface area contributed by atoms with Gasteiger partial charge in [0.05, 0.1) is 11.3 Å². The van der Waals surface area contributed by atoms with Gasteiger partial charge in [-0.1, -0.05) is 32.9 Å². The molecule has 0 saturated carbocycles. The smallest absolute Gasteiger partial charge is 0.353 e. The van der Waals surface area contributed by atoms with Crippen LogP contribution in [0.2, 0.25) is 0 Å². The molecule has 0 N–H and O–H groups in total. The van der Waals surface area contributed by atoms with Crippen molar-refractivity contribution in [3.8, 4) is 0 Å². The van der Waals surface area contributed by atoms with Crippen molar-refractivity contribution in [2.24, 2.45) is 0 Å². The molecule has 1 fully saturated rings. The molecule has 0 spiro atoms. The number of amides is 1. The molecular weight excluding hydrogens is 411 g/mol. The molecule has 1 aromatic heterocycles. The Kier molecular flexibility index (Phi) is 6.65. The predicted octanol–water partition coefficient (Wildman–Crippen LogP) is 4.84. The highest BCUT2D eigenvalue weighted by molar-refractivity contribution is 8.00. The van der Waals surface area contributed by atoms with Crippen LogP contribution in [-0.4, -0.2) is 47.7 Å². The number of anilines is 1. The Morgan fingerprint density at radius 2 is 1.57 bits per heavy atom. The predicted molar refractivity (Wildman–Crippen MR) is 114 cm³/mol. The van der Waals surface area contributed by atoms with E-state index in [2.05, 4.69) is 37.9 Å². The fourth-order valence-electron chi connectivity index (χ4n) is 3.21. The maximum Gasteiger partial charge on any atom is 0.417 e. The average Bonchev–Trinajstić information content (AvgIpc) is 2.71. The van der Waals surface area contributed by atoms with Gasteiger partial charge in [-0.25, -0.2) is 4.98 Å². The van der Waals surface area contributed by atoms with Crippen molar-refractivity contribution >= 4 is 23.5 Å². The maximum atomic E-state index is 12.7. The molecule has 162 valence electrons. The fourth-order valence-corrected chi connectivity index (χ4v) is 4.01. The summed E-state index contributed by atoms with van der Waals surface area (Å²) < 4.78 is 38.0. The van der Waals surface area contributed by atoms with Crippen LogP contribution in [0.4, 0.5) is 19.0 Å². The molecule has 8 heteroatoms. The first-order valence-electron chi connectivity index (χ1n) is 9.83. The topological polar surface area (TPSA) is 36.4 Å². The van der Waals surface area contributed by atoms with Crippen molar-refractivity contribution < 1.29 is 18.0 Å². The van der Waals surface area contributed by atoms with Gasteiger partial charge in [0.2, 0.25) is 5.91 Å². The van der Waals surface area contributed by atoms with Crippen LogP contribution in [0.1, 0.15) is 31.9 Å². The number of aromatic nitrogens is 1. The first-order valence-corrected chi connectivity index (χ1v) is 10.8. The number of halogens is 3. The molecule has 1 aliphatic rings. The van der Waals surface area contributed by atoms with Gasteiger partial charge in [0.15, 0.2) is 0 Å². The van der Waals surface area contributed by atoms with Crippen molar-refractivity contribution in [2.75, 3.05) is 36.8 Å². The Morgan fingerprint density at radius 1 is 0.967 bits per heavy atom. The molecule has 2 heterocycles. The lowest BCUT2D eigenvalue weighted by atomic mass is 9.87. The molecule has 0 bridgehead atoms. The Morgan fingerprint density at radius 3 is 2.07 bits per heavy atom. The van der Waals surface area contributed by atoms with Crippen molar-refractivity contribution in [3.63, 3.8) is 0 Å². The molecule has 1 saturated heterocycles. The van der Waals surface area contributed by atoms with Gasteiger partial charge < -0.3 is 9.80 Å². The Labute approximate surface area is 179 Å². The number of hydrogen-bond acceptors (Lipinski definition) is 4. The molecule has 0 unspecified atom stereocenters. The van der Waals surface area contributed by atoms with Crippen molar-refractivity contribution in [2.45, 2.75) is 37.3 Å². The molecule has 3 rings (SSSR count). The van der Waals surface area contributed by atoms with Crippen molar-refractivity contribution in [3.05, 3.63) is 53.7 Å². The Hall–Kier alpha value is -2.22. The van der Waals surface area contributed by atoms with Gasteiger partial charge >= 0.3 is 6.18 Å². The number of carbonyl (C=O) groups excluding carboxylic acids is 1. The standard InChI is InChI=1S/C22H26F3N3OS/c1-21(2,3)16-4-7-18(8-5-16)30-15-20(29)28-12-10-27(11-13-28)19-9-6-17(14-26-19)22(23,24)25/h4-9,14H,10-13,15H2,1-3H3. The van der Waals surface area contributed by atoms with Gasteiger partial charge in [-0.05, 0) is 35.2 Å². The number of hydrogen-bond donors (Lipinski definition) is 0. The van der Waals surface area contributed by atoms with Crippen LogP contribution < -0.4 is 4.90 Å². The number of pyridine rings is 1. The molecule has 0 aliphatic carbocycles. The molecule has 2 aromatic rings. The van der Waals surface area contributed by atoms with Crippen LogP contribution in [0.3, 0.4) is 0 Å². The molecule has 0 radical (unpaired) electrons. The SMILES string of the molecule is CC(C)(C)c1ccc(SCC(=O)N2CCN(c3ccc(C(F)(F)F)cn3)CC2)cc1. The fraction of sp³-hybridized carbons (Fsp3) is 0.455. The zero-order chi connectivity index (χ0) is 21.9. The van der Waals surface area contributed by atoms with Gasteiger partial charge in [-0.2, -0.15) is 13.2 Å². The van der Waals surface area contributed by atoms with Gasteiger partial charge in [0, 0.05) is 37.3 Å². The third kappa shape index (κ3) is 5.68. The van der Waals surface area contributed by atoms with Crippen LogP contribution in [0.5, 0.6) is 0 Å². The van der Waals surface area contributed by atoms with E-state index in [0.29, 0.717) is 37.7 Å². The van der Waals surface area contributed by atoms with Crippen LogP contribution in [0.25, 0.3) is 0 Å². The number of benzene rings is 1. The van der Waals surface area contributed by atoms with Gasteiger partial charge in [0.25, 0.3) is 0 Å². The zero-order valence-electron chi connectivity index (χ0n) is 17.4. The summed E-state index contributed by atoms with van der Waals surface area (Å²) >= 11 is 1.52. The molecular formula is C22H26F3N3OS. The van der Waals surface area contributed by atoms with E-state index >= 15 is 0 Å². The summed E-state index contributed by atoms with van der Waals surface area (Å²) in [5, 5.41) is 0. The second kappa shape index (κ2) is 8.88. The van der Waals surface area contributed by atoms with Crippen molar-refractivity contribution in [1.29, 1.82) is 0 Å². The lowest BCUT2D eigenvalue weighted by Gasteiger charge is -2.35. The minimum atomic E-state index is -4.39. The maximum absolute atomic E-state index is 12.7. The van der Waals surface area contributed by atoms with Gasteiger partial charge in [-0.15, -0.1) is 11.8 Å². The lowest BCUT2D eigenvalue weighted by molar-refractivity contribution is -0.137. The molecule has 30 heavy (non-hydrogen) atoms.